The van der Waals surface area contributed by atoms with E-state index in [4.69, 9.17) is 18.0 Å². The van der Waals surface area contributed by atoms with Crippen molar-refractivity contribution in [1.82, 2.24) is 10.2 Å². The molecule has 4 nitrogen and oxygen atoms in total. The number of rotatable bonds is 5. The molecule has 0 saturated heterocycles. The molecule has 2 aromatic heterocycles. The van der Waals surface area contributed by atoms with E-state index >= 15 is 0 Å². The van der Waals surface area contributed by atoms with Gasteiger partial charge in [-0.2, -0.15) is 5.10 Å². The number of nitrogens with two attached hydrogens (primary N) is 1. The first-order valence-corrected chi connectivity index (χ1v) is 7.19. The SMILES string of the molecule is CC(C)(CNc1nnccc1C(N)=S)c1cccs1. The molecule has 0 saturated carbocycles. The van der Waals surface area contributed by atoms with Crippen molar-refractivity contribution in [1.29, 1.82) is 0 Å². The van der Waals surface area contributed by atoms with Gasteiger partial charge < -0.3 is 11.1 Å². The van der Waals surface area contributed by atoms with Gasteiger partial charge >= 0.3 is 0 Å². The molecule has 2 rings (SSSR count). The van der Waals surface area contributed by atoms with Gasteiger partial charge in [-0.05, 0) is 17.5 Å². The molecule has 0 spiro atoms. The second kappa shape index (κ2) is 5.63. The lowest BCUT2D eigenvalue weighted by molar-refractivity contribution is 0.567. The monoisotopic (exact) mass is 292 g/mol. The van der Waals surface area contributed by atoms with Crippen LogP contribution in [0.2, 0.25) is 0 Å². The quantitative estimate of drug-likeness (QED) is 0.829. The number of hydrogen-bond acceptors (Lipinski definition) is 5. The third kappa shape index (κ3) is 3.27. The fourth-order valence-corrected chi connectivity index (χ4v) is 2.73. The highest BCUT2D eigenvalue weighted by Crippen LogP contribution is 2.27. The van der Waals surface area contributed by atoms with Crippen molar-refractivity contribution in [3.8, 4) is 0 Å². The van der Waals surface area contributed by atoms with Crippen molar-refractivity contribution in [2.24, 2.45) is 5.73 Å². The van der Waals surface area contributed by atoms with Gasteiger partial charge in [-0.15, -0.1) is 16.4 Å². The summed E-state index contributed by atoms with van der Waals surface area (Å²) in [7, 11) is 0. The first kappa shape index (κ1) is 13.9. The van der Waals surface area contributed by atoms with Crippen LogP contribution in [0.3, 0.4) is 0 Å². The Morgan fingerprint density at radius 3 is 2.89 bits per heavy atom. The minimum absolute atomic E-state index is 0.0131. The summed E-state index contributed by atoms with van der Waals surface area (Å²) in [5.74, 6) is 0.639. The van der Waals surface area contributed by atoms with Gasteiger partial charge in [-0.3, -0.25) is 0 Å². The summed E-state index contributed by atoms with van der Waals surface area (Å²) in [6.45, 7) is 5.10. The van der Waals surface area contributed by atoms with E-state index in [-0.39, 0.29) is 5.41 Å². The smallest absolute Gasteiger partial charge is 0.158 e. The molecule has 2 heterocycles. The summed E-state index contributed by atoms with van der Waals surface area (Å²) in [5, 5.41) is 13.3. The molecule has 2 aromatic rings. The Morgan fingerprint density at radius 1 is 1.47 bits per heavy atom. The van der Waals surface area contributed by atoms with E-state index < -0.39 is 0 Å². The van der Waals surface area contributed by atoms with Crippen LogP contribution in [0.25, 0.3) is 0 Å². The van der Waals surface area contributed by atoms with Crippen LogP contribution in [0.4, 0.5) is 5.82 Å². The van der Waals surface area contributed by atoms with Gasteiger partial charge in [-0.1, -0.05) is 32.1 Å². The lowest BCUT2D eigenvalue weighted by atomic mass is 9.91. The molecule has 0 bridgehead atoms. The zero-order chi connectivity index (χ0) is 13.9. The number of thiocarbonyl (C=S) groups is 1. The molecule has 0 amide bonds. The van der Waals surface area contributed by atoms with Gasteiger partial charge in [0, 0.05) is 16.8 Å². The molecule has 0 aliphatic heterocycles. The number of nitrogens with zero attached hydrogens (tertiary/aromatic N) is 2. The maximum Gasteiger partial charge on any atom is 0.158 e. The summed E-state index contributed by atoms with van der Waals surface area (Å²) < 4.78 is 0. The van der Waals surface area contributed by atoms with Crippen LogP contribution in [0.15, 0.2) is 29.8 Å². The van der Waals surface area contributed by atoms with Gasteiger partial charge in [0.2, 0.25) is 0 Å². The summed E-state index contributed by atoms with van der Waals surface area (Å²) in [4.78, 5) is 1.65. The first-order valence-electron chi connectivity index (χ1n) is 5.90. The molecule has 3 N–H and O–H groups in total. The minimum Gasteiger partial charge on any atom is -0.389 e. The van der Waals surface area contributed by atoms with Crippen molar-refractivity contribution in [3.05, 3.63) is 40.2 Å². The Hall–Kier alpha value is -1.53. The highest BCUT2D eigenvalue weighted by Gasteiger charge is 2.22. The van der Waals surface area contributed by atoms with Crippen molar-refractivity contribution in [3.63, 3.8) is 0 Å². The molecule has 0 fully saturated rings. The fraction of sp³-hybridized carbons (Fsp3) is 0.308. The Morgan fingerprint density at radius 2 is 2.26 bits per heavy atom. The van der Waals surface area contributed by atoms with E-state index in [1.165, 1.54) is 4.88 Å². The van der Waals surface area contributed by atoms with Crippen molar-refractivity contribution in [2.75, 3.05) is 11.9 Å². The van der Waals surface area contributed by atoms with E-state index in [1.54, 1.807) is 23.6 Å². The Balaban J connectivity index is 2.13. The highest BCUT2D eigenvalue weighted by atomic mass is 32.1. The largest absolute Gasteiger partial charge is 0.389 e. The van der Waals surface area contributed by atoms with Crippen LogP contribution < -0.4 is 11.1 Å². The summed E-state index contributed by atoms with van der Waals surface area (Å²) in [5.41, 5.74) is 6.42. The predicted molar refractivity (Wildman–Crippen MR) is 83.8 cm³/mol. The third-order valence-corrected chi connectivity index (χ3v) is 4.33. The molecular formula is C13H16N4S2. The number of aromatic nitrogens is 2. The standard InChI is InChI=1S/C13H16N4S2/c1-13(2,10-4-3-7-19-10)8-15-12-9(11(14)18)5-6-16-17-12/h3-7H,8H2,1-2H3,(H2,14,18)(H,15,17). The molecular weight excluding hydrogens is 276 g/mol. The topological polar surface area (TPSA) is 63.8 Å². The zero-order valence-corrected chi connectivity index (χ0v) is 12.5. The average molecular weight is 292 g/mol. The molecule has 0 atom stereocenters. The molecule has 19 heavy (non-hydrogen) atoms. The minimum atomic E-state index is 0.0131. The van der Waals surface area contributed by atoms with E-state index in [2.05, 4.69) is 46.9 Å². The first-order chi connectivity index (χ1) is 9.00. The van der Waals surface area contributed by atoms with Gasteiger partial charge in [-0.25, -0.2) is 0 Å². The van der Waals surface area contributed by atoms with E-state index in [0.29, 0.717) is 10.8 Å². The maximum atomic E-state index is 5.67. The molecule has 0 aliphatic carbocycles. The Kier molecular flexibility index (Phi) is 4.11. The summed E-state index contributed by atoms with van der Waals surface area (Å²) >= 11 is 6.76. The van der Waals surface area contributed by atoms with Crippen molar-refractivity contribution in [2.45, 2.75) is 19.3 Å². The Bertz CT molecular complexity index is 564. The molecule has 0 aliphatic rings. The van der Waals surface area contributed by atoms with Crippen LogP contribution in [-0.2, 0) is 5.41 Å². The van der Waals surface area contributed by atoms with E-state index in [9.17, 15) is 0 Å². The van der Waals surface area contributed by atoms with E-state index in [1.807, 2.05) is 0 Å². The third-order valence-electron chi connectivity index (χ3n) is 2.87. The number of nitrogens with one attached hydrogen (secondary N) is 1. The van der Waals surface area contributed by atoms with E-state index in [0.717, 1.165) is 12.1 Å². The summed E-state index contributed by atoms with van der Waals surface area (Å²) in [6.07, 6.45) is 1.59. The zero-order valence-electron chi connectivity index (χ0n) is 10.9. The lowest BCUT2D eigenvalue weighted by Gasteiger charge is -2.24. The van der Waals surface area contributed by atoms with Crippen molar-refractivity contribution < 1.29 is 0 Å². The highest BCUT2D eigenvalue weighted by molar-refractivity contribution is 7.80. The normalized spacial score (nSPS) is 11.3. The molecule has 0 unspecified atom stereocenters. The van der Waals surface area contributed by atoms with Crippen LogP contribution >= 0.6 is 23.6 Å². The Labute approximate surface area is 122 Å². The average Bonchev–Trinajstić information content (AvgIpc) is 2.91. The lowest BCUT2D eigenvalue weighted by Crippen LogP contribution is -2.28. The second-order valence-corrected chi connectivity index (χ2v) is 6.26. The van der Waals surface area contributed by atoms with Gasteiger partial charge in [0.15, 0.2) is 5.82 Å². The molecule has 0 radical (unpaired) electrons. The maximum absolute atomic E-state index is 5.67. The summed E-state index contributed by atoms with van der Waals surface area (Å²) in [6, 6.07) is 5.97. The number of hydrogen-bond donors (Lipinski definition) is 2. The molecule has 0 aromatic carbocycles. The van der Waals surface area contributed by atoms with Crippen LogP contribution in [-0.4, -0.2) is 21.7 Å². The number of anilines is 1. The molecule has 6 heteroatoms. The van der Waals surface area contributed by atoms with Gasteiger partial charge in [0.25, 0.3) is 0 Å². The predicted octanol–water partition coefficient (Wildman–Crippen LogP) is 2.56. The van der Waals surface area contributed by atoms with Gasteiger partial charge in [0.1, 0.15) is 4.99 Å². The fourth-order valence-electron chi connectivity index (χ4n) is 1.72. The van der Waals surface area contributed by atoms with Gasteiger partial charge in [0.05, 0.1) is 11.8 Å². The van der Waals surface area contributed by atoms with Crippen molar-refractivity contribution >= 4 is 34.4 Å². The second-order valence-electron chi connectivity index (χ2n) is 4.87. The van der Waals surface area contributed by atoms with Crippen LogP contribution in [0, 0.1) is 0 Å². The van der Waals surface area contributed by atoms with Crippen LogP contribution in [0.5, 0.6) is 0 Å². The number of thiophene rings is 1. The van der Waals surface area contributed by atoms with Crippen LogP contribution in [0.1, 0.15) is 24.3 Å². The molecule has 100 valence electrons.